The van der Waals surface area contributed by atoms with Gasteiger partial charge in [0.15, 0.2) is 5.78 Å². The van der Waals surface area contributed by atoms with Crippen molar-refractivity contribution in [3.8, 4) is 6.07 Å². The Morgan fingerprint density at radius 1 is 1.47 bits per heavy atom. The van der Waals surface area contributed by atoms with Crippen molar-refractivity contribution in [3.05, 3.63) is 32.4 Å². The molecule has 0 atom stereocenters. The monoisotopic (exact) mass is 373 g/mol. The van der Waals surface area contributed by atoms with E-state index in [0.29, 0.717) is 0 Å². The van der Waals surface area contributed by atoms with Crippen molar-refractivity contribution in [3.63, 3.8) is 0 Å². The molecule has 1 aromatic carbocycles. The Kier molecular flexibility index (Phi) is 4.38. The first kappa shape index (κ1) is 14.3. The van der Waals surface area contributed by atoms with Gasteiger partial charge in [0.05, 0.1) is 23.1 Å². The minimum atomic E-state index is -4.69. The SMILES string of the molecule is N#Cc1cc(I)cc(C(F)(F)F)c1C(=O)CCl. The first-order chi connectivity index (χ1) is 7.81. The molecule has 0 aliphatic rings. The molecule has 2 nitrogen and oxygen atoms in total. The highest BCUT2D eigenvalue weighted by atomic mass is 127. The van der Waals surface area contributed by atoms with Gasteiger partial charge in [0.2, 0.25) is 0 Å². The minimum Gasteiger partial charge on any atom is -0.293 e. The quantitative estimate of drug-likeness (QED) is 0.451. The van der Waals surface area contributed by atoms with Gasteiger partial charge in [0.25, 0.3) is 0 Å². The van der Waals surface area contributed by atoms with E-state index in [1.807, 2.05) is 0 Å². The van der Waals surface area contributed by atoms with Crippen LogP contribution in [0.3, 0.4) is 0 Å². The van der Waals surface area contributed by atoms with Gasteiger partial charge in [-0.05, 0) is 34.7 Å². The molecule has 0 bridgehead atoms. The van der Waals surface area contributed by atoms with E-state index in [-0.39, 0.29) is 9.13 Å². The summed E-state index contributed by atoms with van der Waals surface area (Å²) in [4.78, 5) is 11.4. The van der Waals surface area contributed by atoms with Gasteiger partial charge in [-0.15, -0.1) is 11.6 Å². The average molecular weight is 373 g/mol. The molecule has 0 spiro atoms. The highest BCUT2D eigenvalue weighted by molar-refractivity contribution is 14.1. The summed E-state index contributed by atoms with van der Waals surface area (Å²) >= 11 is 6.90. The fraction of sp³-hybridized carbons (Fsp3) is 0.200. The lowest BCUT2D eigenvalue weighted by Crippen LogP contribution is -2.16. The van der Waals surface area contributed by atoms with Crippen LogP contribution in [0.2, 0.25) is 0 Å². The predicted molar refractivity (Wildman–Crippen MR) is 63.9 cm³/mol. The van der Waals surface area contributed by atoms with Gasteiger partial charge in [-0.2, -0.15) is 18.4 Å². The van der Waals surface area contributed by atoms with Crippen molar-refractivity contribution in [2.75, 3.05) is 5.88 Å². The lowest BCUT2D eigenvalue weighted by molar-refractivity contribution is -0.138. The summed E-state index contributed by atoms with van der Waals surface area (Å²) in [6.07, 6.45) is -4.69. The molecule has 0 saturated carbocycles. The van der Waals surface area contributed by atoms with E-state index in [9.17, 15) is 18.0 Å². The number of carbonyl (C=O) groups excluding carboxylic acids is 1. The van der Waals surface area contributed by atoms with Crippen LogP contribution in [0.5, 0.6) is 0 Å². The van der Waals surface area contributed by atoms with E-state index in [2.05, 4.69) is 0 Å². The van der Waals surface area contributed by atoms with E-state index < -0.39 is 29.0 Å². The summed E-state index contributed by atoms with van der Waals surface area (Å²) in [5, 5.41) is 8.76. The molecule has 0 aliphatic carbocycles. The second-order valence-electron chi connectivity index (χ2n) is 3.04. The number of ketones is 1. The van der Waals surface area contributed by atoms with Crippen LogP contribution < -0.4 is 0 Å². The number of hydrogen-bond donors (Lipinski definition) is 0. The third-order valence-corrected chi connectivity index (χ3v) is 2.79. The summed E-state index contributed by atoms with van der Waals surface area (Å²) in [5.41, 5.74) is -2.09. The van der Waals surface area contributed by atoms with Crippen LogP contribution >= 0.6 is 34.2 Å². The molecular formula is C10H4ClF3INO. The zero-order valence-electron chi connectivity index (χ0n) is 8.11. The smallest absolute Gasteiger partial charge is 0.293 e. The van der Waals surface area contributed by atoms with E-state index in [0.717, 1.165) is 6.07 Å². The van der Waals surface area contributed by atoms with Gasteiger partial charge in [0.1, 0.15) is 0 Å². The summed E-state index contributed by atoms with van der Waals surface area (Å²) in [6.45, 7) is 0. The lowest BCUT2D eigenvalue weighted by atomic mass is 9.98. The van der Waals surface area contributed by atoms with Gasteiger partial charge >= 0.3 is 6.18 Å². The summed E-state index contributed by atoms with van der Waals surface area (Å²) in [7, 11) is 0. The van der Waals surface area contributed by atoms with Gasteiger partial charge < -0.3 is 0 Å². The maximum Gasteiger partial charge on any atom is 0.417 e. The van der Waals surface area contributed by atoms with Gasteiger partial charge in [-0.1, -0.05) is 0 Å². The molecule has 0 amide bonds. The largest absolute Gasteiger partial charge is 0.417 e. The number of nitriles is 1. The molecule has 0 saturated heterocycles. The van der Waals surface area contributed by atoms with E-state index in [4.69, 9.17) is 16.9 Å². The normalized spacial score (nSPS) is 11.1. The molecule has 0 N–H and O–H groups in total. The number of alkyl halides is 4. The number of halogens is 5. The van der Waals surface area contributed by atoms with Crippen LogP contribution in [0.1, 0.15) is 21.5 Å². The van der Waals surface area contributed by atoms with Crippen molar-refractivity contribution < 1.29 is 18.0 Å². The van der Waals surface area contributed by atoms with Crippen molar-refractivity contribution in [1.29, 1.82) is 5.26 Å². The van der Waals surface area contributed by atoms with E-state index in [1.54, 1.807) is 28.7 Å². The van der Waals surface area contributed by atoms with E-state index >= 15 is 0 Å². The Morgan fingerprint density at radius 3 is 2.47 bits per heavy atom. The molecule has 0 aromatic heterocycles. The number of hydrogen-bond acceptors (Lipinski definition) is 2. The molecular weight excluding hydrogens is 369 g/mol. The van der Waals surface area contributed by atoms with E-state index in [1.165, 1.54) is 6.07 Å². The maximum atomic E-state index is 12.7. The molecule has 0 unspecified atom stereocenters. The topological polar surface area (TPSA) is 40.9 Å². The minimum absolute atomic E-state index is 0.234. The number of rotatable bonds is 2. The first-order valence-corrected chi connectivity index (χ1v) is 5.82. The van der Waals surface area contributed by atoms with Gasteiger partial charge in [-0.3, -0.25) is 4.79 Å². The molecule has 0 fully saturated rings. The Hall–Kier alpha value is -0.810. The lowest BCUT2D eigenvalue weighted by Gasteiger charge is -2.13. The molecule has 0 radical (unpaired) electrons. The molecule has 90 valence electrons. The zero-order valence-corrected chi connectivity index (χ0v) is 11.0. The maximum absolute atomic E-state index is 12.7. The summed E-state index contributed by atoms with van der Waals surface area (Å²) in [5.74, 6) is -1.51. The summed E-state index contributed by atoms with van der Waals surface area (Å²) < 4.78 is 38.4. The highest BCUT2D eigenvalue weighted by Gasteiger charge is 2.36. The second-order valence-corrected chi connectivity index (χ2v) is 4.56. The van der Waals surface area contributed by atoms with Crippen molar-refractivity contribution in [1.82, 2.24) is 0 Å². The Bertz CT molecular complexity index is 507. The molecule has 0 aliphatic heterocycles. The van der Waals surface area contributed by atoms with Crippen LogP contribution in [0.4, 0.5) is 13.2 Å². The molecule has 17 heavy (non-hydrogen) atoms. The molecule has 1 aromatic rings. The van der Waals surface area contributed by atoms with Crippen molar-refractivity contribution in [2.24, 2.45) is 0 Å². The van der Waals surface area contributed by atoms with Crippen molar-refractivity contribution >= 4 is 40.0 Å². The molecule has 7 heteroatoms. The van der Waals surface area contributed by atoms with Crippen LogP contribution in [0.15, 0.2) is 12.1 Å². The molecule has 0 heterocycles. The fourth-order valence-electron chi connectivity index (χ4n) is 1.29. The van der Waals surface area contributed by atoms with Crippen molar-refractivity contribution in [2.45, 2.75) is 6.18 Å². The van der Waals surface area contributed by atoms with Crippen LogP contribution in [-0.4, -0.2) is 11.7 Å². The molecule has 1 rings (SSSR count). The fourth-order valence-corrected chi connectivity index (χ4v) is 2.04. The number of nitrogens with zero attached hydrogens (tertiary/aromatic N) is 1. The van der Waals surface area contributed by atoms with Crippen LogP contribution in [-0.2, 0) is 6.18 Å². The standard InChI is InChI=1S/C10H4ClF3INO/c11-3-8(17)9-5(4-16)1-6(15)2-7(9)10(12,13)14/h1-2H,3H2. The third kappa shape index (κ3) is 3.10. The Labute approximate surface area is 114 Å². The predicted octanol–water partition coefficient (Wildman–Crippen LogP) is 3.60. The van der Waals surface area contributed by atoms with Crippen LogP contribution in [0, 0.1) is 14.9 Å². The Balaban J connectivity index is 3.63. The highest BCUT2D eigenvalue weighted by Crippen LogP contribution is 2.35. The zero-order chi connectivity index (χ0) is 13.2. The summed E-state index contributed by atoms with van der Waals surface area (Å²) in [6, 6.07) is 3.62. The average Bonchev–Trinajstić information content (AvgIpc) is 2.25. The third-order valence-electron chi connectivity index (χ3n) is 1.93. The first-order valence-electron chi connectivity index (χ1n) is 4.21. The van der Waals surface area contributed by atoms with Crippen LogP contribution in [0.25, 0.3) is 0 Å². The van der Waals surface area contributed by atoms with Gasteiger partial charge in [0, 0.05) is 9.13 Å². The Morgan fingerprint density at radius 2 is 2.06 bits per heavy atom. The second kappa shape index (κ2) is 5.23. The number of Topliss-reactive ketones (excluding diaryl/α,β-unsaturated/α-hetero) is 1. The van der Waals surface area contributed by atoms with Gasteiger partial charge in [-0.25, -0.2) is 0 Å². The number of carbonyl (C=O) groups is 1. The number of benzene rings is 1.